The van der Waals surface area contributed by atoms with E-state index in [1.165, 1.54) is 4.88 Å². The molecule has 1 N–H and O–H groups in total. The lowest BCUT2D eigenvalue weighted by Gasteiger charge is -2.48. The number of ether oxygens (including phenoxy) is 1. The fourth-order valence-electron chi connectivity index (χ4n) is 3.82. The molecule has 0 bridgehead atoms. The molecule has 3 heterocycles. The van der Waals surface area contributed by atoms with Crippen LogP contribution < -0.4 is 0 Å². The molecule has 0 aliphatic carbocycles. The highest BCUT2D eigenvalue weighted by Gasteiger charge is 2.45. The smallest absolute Gasteiger partial charge is 0.0931 e. The maximum Gasteiger partial charge on any atom is 0.0931 e. The number of halogens is 1. The quantitative estimate of drug-likeness (QED) is 0.922. The normalized spacial score (nSPS) is 32.4. The Morgan fingerprint density at radius 2 is 2.19 bits per heavy atom. The molecule has 3 nitrogen and oxygen atoms in total. The third-order valence-corrected chi connectivity index (χ3v) is 6.37. The summed E-state index contributed by atoms with van der Waals surface area (Å²) in [6.07, 6.45) is 2.88. The largest absolute Gasteiger partial charge is 0.389 e. The van der Waals surface area contributed by atoms with E-state index in [1.807, 2.05) is 6.07 Å². The van der Waals surface area contributed by atoms with E-state index in [0.717, 1.165) is 56.4 Å². The minimum atomic E-state index is -0.507. The summed E-state index contributed by atoms with van der Waals surface area (Å²) in [5.74, 6) is 0.712. The van der Waals surface area contributed by atoms with Crippen LogP contribution in [0.15, 0.2) is 12.1 Å². The number of likely N-dealkylation sites (tertiary alicyclic amines) is 1. The standard InChI is InChI=1S/C16H24ClNO2S/c1-12-10-18(11-14-2-3-15(17)21-14)7-6-16(12,19)13-4-8-20-9-5-13/h2-3,12-13,19H,4-11H2,1H3/t12-,16+/m1/s1. The van der Waals surface area contributed by atoms with Gasteiger partial charge in [0.2, 0.25) is 0 Å². The van der Waals surface area contributed by atoms with Gasteiger partial charge in [-0.25, -0.2) is 0 Å². The van der Waals surface area contributed by atoms with Gasteiger partial charge in [0.1, 0.15) is 0 Å². The summed E-state index contributed by atoms with van der Waals surface area (Å²) in [6.45, 7) is 6.68. The second kappa shape index (κ2) is 6.55. The lowest BCUT2D eigenvalue weighted by Crippen LogP contribution is -2.55. The number of aliphatic hydroxyl groups is 1. The van der Waals surface area contributed by atoms with Crippen molar-refractivity contribution in [1.82, 2.24) is 4.90 Å². The molecule has 2 fully saturated rings. The van der Waals surface area contributed by atoms with Gasteiger partial charge >= 0.3 is 0 Å². The van der Waals surface area contributed by atoms with Gasteiger partial charge in [-0.1, -0.05) is 18.5 Å². The molecule has 2 aliphatic rings. The lowest BCUT2D eigenvalue weighted by atomic mass is 9.70. The summed E-state index contributed by atoms with van der Waals surface area (Å²) in [6, 6.07) is 4.07. The summed E-state index contributed by atoms with van der Waals surface area (Å²) < 4.78 is 6.30. The van der Waals surface area contributed by atoms with E-state index >= 15 is 0 Å². The van der Waals surface area contributed by atoms with Gasteiger partial charge in [0.15, 0.2) is 0 Å². The Hall–Kier alpha value is -0.130. The highest BCUT2D eigenvalue weighted by molar-refractivity contribution is 7.16. The number of hydrogen-bond donors (Lipinski definition) is 1. The van der Waals surface area contributed by atoms with Crippen molar-refractivity contribution in [3.8, 4) is 0 Å². The van der Waals surface area contributed by atoms with E-state index in [9.17, 15) is 5.11 Å². The Kier molecular flexibility index (Phi) is 4.91. The van der Waals surface area contributed by atoms with Crippen molar-refractivity contribution in [3.05, 3.63) is 21.3 Å². The predicted octanol–water partition coefficient (Wildman–Crippen LogP) is 3.40. The molecule has 0 spiro atoms. The zero-order valence-electron chi connectivity index (χ0n) is 12.6. The molecule has 118 valence electrons. The van der Waals surface area contributed by atoms with Gasteiger partial charge in [0, 0.05) is 37.7 Å². The van der Waals surface area contributed by atoms with E-state index in [-0.39, 0.29) is 0 Å². The number of nitrogens with zero attached hydrogens (tertiary/aromatic N) is 1. The van der Waals surface area contributed by atoms with Crippen molar-refractivity contribution in [1.29, 1.82) is 0 Å². The maximum atomic E-state index is 11.2. The SMILES string of the molecule is C[C@@H]1CN(Cc2ccc(Cl)s2)CC[C@@]1(O)C1CCOCC1. The van der Waals surface area contributed by atoms with Crippen LogP contribution in [0.3, 0.4) is 0 Å². The predicted molar refractivity (Wildman–Crippen MR) is 86.9 cm³/mol. The van der Waals surface area contributed by atoms with E-state index < -0.39 is 5.60 Å². The molecule has 21 heavy (non-hydrogen) atoms. The number of piperidine rings is 1. The van der Waals surface area contributed by atoms with Crippen molar-refractivity contribution >= 4 is 22.9 Å². The third-order valence-electron chi connectivity index (χ3n) is 5.15. The Morgan fingerprint density at radius 1 is 1.43 bits per heavy atom. The summed E-state index contributed by atoms with van der Waals surface area (Å²) in [7, 11) is 0. The lowest BCUT2D eigenvalue weighted by molar-refractivity contribution is -0.131. The Balaban J connectivity index is 1.60. The highest BCUT2D eigenvalue weighted by Crippen LogP contribution is 2.39. The Labute approximate surface area is 135 Å². The second-order valence-corrected chi connectivity index (χ2v) is 8.27. The van der Waals surface area contributed by atoms with Gasteiger partial charge in [-0.05, 0) is 43.2 Å². The van der Waals surface area contributed by atoms with Gasteiger partial charge in [-0.2, -0.15) is 0 Å². The first-order valence-electron chi connectivity index (χ1n) is 7.84. The van der Waals surface area contributed by atoms with E-state index in [1.54, 1.807) is 11.3 Å². The van der Waals surface area contributed by atoms with Crippen LogP contribution in [0.1, 0.15) is 31.1 Å². The van der Waals surface area contributed by atoms with Crippen LogP contribution in [0.25, 0.3) is 0 Å². The fourth-order valence-corrected chi connectivity index (χ4v) is 4.96. The number of rotatable bonds is 3. The molecule has 1 aromatic heterocycles. The minimum Gasteiger partial charge on any atom is -0.389 e. The van der Waals surface area contributed by atoms with Gasteiger partial charge in [0.25, 0.3) is 0 Å². The van der Waals surface area contributed by atoms with Crippen LogP contribution in [0.2, 0.25) is 4.34 Å². The van der Waals surface area contributed by atoms with Crippen molar-refractivity contribution in [3.63, 3.8) is 0 Å². The minimum absolute atomic E-state index is 0.310. The zero-order valence-corrected chi connectivity index (χ0v) is 14.1. The Morgan fingerprint density at radius 3 is 2.81 bits per heavy atom. The van der Waals surface area contributed by atoms with Crippen LogP contribution in [-0.4, -0.2) is 41.9 Å². The molecule has 0 saturated carbocycles. The summed E-state index contributed by atoms with van der Waals surface area (Å²) in [5.41, 5.74) is -0.507. The summed E-state index contributed by atoms with van der Waals surface area (Å²) >= 11 is 7.66. The van der Waals surface area contributed by atoms with Gasteiger partial charge in [-0.15, -0.1) is 11.3 Å². The van der Waals surface area contributed by atoms with E-state index in [0.29, 0.717) is 11.8 Å². The molecule has 0 aromatic carbocycles. The van der Waals surface area contributed by atoms with Gasteiger partial charge in [-0.3, -0.25) is 4.90 Å². The Bertz CT molecular complexity index is 475. The zero-order chi connectivity index (χ0) is 14.9. The van der Waals surface area contributed by atoms with E-state index in [2.05, 4.69) is 17.9 Å². The van der Waals surface area contributed by atoms with Crippen LogP contribution in [0, 0.1) is 11.8 Å². The van der Waals surface area contributed by atoms with Crippen LogP contribution in [0.4, 0.5) is 0 Å². The van der Waals surface area contributed by atoms with Crippen molar-refractivity contribution in [2.45, 2.75) is 38.3 Å². The van der Waals surface area contributed by atoms with Crippen molar-refractivity contribution in [2.75, 3.05) is 26.3 Å². The molecular formula is C16H24ClNO2S. The molecule has 0 unspecified atom stereocenters. The molecule has 3 rings (SSSR count). The molecule has 2 saturated heterocycles. The molecule has 2 atom stereocenters. The van der Waals surface area contributed by atoms with E-state index in [4.69, 9.17) is 16.3 Å². The van der Waals surface area contributed by atoms with Crippen LogP contribution >= 0.6 is 22.9 Å². The molecule has 0 amide bonds. The van der Waals surface area contributed by atoms with Crippen molar-refractivity contribution < 1.29 is 9.84 Å². The molecule has 5 heteroatoms. The fraction of sp³-hybridized carbons (Fsp3) is 0.750. The molecule has 1 aromatic rings. The van der Waals surface area contributed by atoms with Crippen molar-refractivity contribution in [2.24, 2.45) is 11.8 Å². The molecular weight excluding hydrogens is 306 g/mol. The topological polar surface area (TPSA) is 32.7 Å². The van der Waals surface area contributed by atoms with Crippen LogP contribution in [-0.2, 0) is 11.3 Å². The number of thiophene rings is 1. The maximum absolute atomic E-state index is 11.2. The average molecular weight is 330 g/mol. The average Bonchev–Trinajstić information content (AvgIpc) is 2.89. The highest BCUT2D eigenvalue weighted by atomic mass is 35.5. The van der Waals surface area contributed by atoms with Crippen LogP contribution in [0.5, 0.6) is 0 Å². The molecule has 0 radical (unpaired) electrons. The second-order valence-electron chi connectivity index (χ2n) is 6.47. The third kappa shape index (κ3) is 3.45. The monoisotopic (exact) mass is 329 g/mol. The van der Waals surface area contributed by atoms with Gasteiger partial charge < -0.3 is 9.84 Å². The first-order chi connectivity index (χ1) is 10.1. The molecule has 2 aliphatic heterocycles. The summed E-state index contributed by atoms with van der Waals surface area (Å²) in [5, 5.41) is 11.2. The number of hydrogen-bond acceptors (Lipinski definition) is 4. The van der Waals surface area contributed by atoms with Gasteiger partial charge in [0.05, 0.1) is 9.94 Å². The summed E-state index contributed by atoms with van der Waals surface area (Å²) in [4.78, 5) is 3.75. The first kappa shape index (κ1) is 15.8. The first-order valence-corrected chi connectivity index (χ1v) is 9.04.